The number of fused-ring (bicyclic) bond motifs is 1. The van der Waals surface area contributed by atoms with E-state index >= 15 is 0 Å². The van der Waals surface area contributed by atoms with Gasteiger partial charge in [0.2, 0.25) is 0 Å². The Balaban J connectivity index is 1.19. The first-order valence-electron chi connectivity index (χ1n) is 15.5. The Hall–Kier alpha value is -4.82. The van der Waals surface area contributed by atoms with Crippen molar-refractivity contribution in [2.45, 2.75) is 20.1 Å². The van der Waals surface area contributed by atoms with Gasteiger partial charge in [-0.2, -0.15) is 10.5 Å². The number of allylic oxidation sites excluding steroid dienone is 4. The smallest absolute Gasteiger partial charge is 0.137 e. The molecule has 12 nitrogen and oxygen atoms in total. The van der Waals surface area contributed by atoms with E-state index in [-0.39, 0.29) is 12.2 Å². The summed E-state index contributed by atoms with van der Waals surface area (Å²) in [5.74, 6) is 1.15. The standard InChI is InChI=1S/C35H40N6O6/c1-2-40(13-14-41-26-30(38-39-41)27-46-22-21-45-20-19-44-18-17-43-16-15-42)31-10-7-28(8-11-31)9-12-32-23-34(29(24-36)25-37)33-5-3-4-6-35(33)47-32/h3-12,23,26,42H,2,13-22,27H2,1H3/b12-9+. The molecule has 47 heavy (non-hydrogen) atoms. The van der Waals surface area contributed by atoms with E-state index in [1.54, 1.807) is 6.08 Å². The fourth-order valence-electron chi connectivity index (χ4n) is 4.67. The summed E-state index contributed by atoms with van der Waals surface area (Å²) in [5.41, 5.74) is 4.16. The lowest BCUT2D eigenvalue weighted by atomic mass is 9.97. The molecular formula is C35H40N6O6. The highest BCUT2D eigenvalue weighted by atomic mass is 16.6. The van der Waals surface area contributed by atoms with Gasteiger partial charge in [0, 0.05) is 29.9 Å². The Labute approximate surface area is 275 Å². The SMILES string of the molecule is CCN(CCn1cc(COCCOCCOCCOCCO)nn1)c1ccc(/C=C/C2=CC(=C(C#N)C#N)c3ccccc3O2)cc1. The number of benzene rings is 2. The van der Waals surface area contributed by atoms with E-state index in [1.807, 2.05) is 71.6 Å². The van der Waals surface area contributed by atoms with Crippen LogP contribution < -0.4 is 9.64 Å². The Morgan fingerprint density at radius 3 is 2.28 bits per heavy atom. The van der Waals surface area contributed by atoms with E-state index in [1.165, 1.54) is 0 Å². The summed E-state index contributed by atoms with van der Waals surface area (Å²) in [4.78, 5) is 2.26. The topological polar surface area (TPSA) is 148 Å². The number of para-hydroxylation sites is 1. The quantitative estimate of drug-likeness (QED) is 0.140. The first kappa shape index (κ1) is 35.0. The first-order chi connectivity index (χ1) is 23.1. The molecule has 4 rings (SSSR count). The summed E-state index contributed by atoms with van der Waals surface area (Å²) >= 11 is 0. The number of anilines is 1. The Bertz CT molecular complexity index is 1570. The van der Waals surface area contributed by atoms with E-state index in [0.717, 1.165) is 35.6 Å². The third-order valence-electron chi connectivity index (χ3n) is 7.05. The lowest BCUT2D eigenvalue weighted by Gasteiger charge is -2.23. The van der Waals surface area contributed by atoms with Gasteiger partial charge >= 0.3 is 0 Å². The summed E-state index contributed by atoms with van der Waals surface area (Å²) in [6.07, 6.45) is 7.40. The molecule has 0 unspecified atom stereocenters. The van der Waals surface area contributed by atoms with Crippen molar-refractivity contribution >= 4 is 17.3 Å². The zero-order valence-corrected chi connectivity index (χ0v) is 26.6. The molecule has 2 aromatic carbocycles. The van der Waals surface area contributed by atoms with Gasteiger partial charge in [0.1, 0.15) is 34.9 Å². The fraction of sp³-hybridized carbons (Fsp3) is 0.371. The minimum absolute atomic E-state index is 0.0135. The lowest BCUT2D eigenvalue weighted by Crippen LogP contribution is -2.27. The molecule has 1 aliphatic rings. The highest BCUT2D eigenvalue weighted by Crippen LogP contribution is 2.35. The lowest BCUT2D eigenvalue weighted by molar-refractivity contribution is -0.00771. The molecule has 0 atom stereocenters. The van der Waals surface area contributed by atoms with Crippen molar-refractivity contribution in [1.29, 1.82) is 10.5 Å². The van der Waals surface area contributed by atoms with Crippen LogP contribution in [0.15, 0.2) is 78.2 Å². The maximum atomic E-state index is 9.44. The first-order valence-corrected chi connectivity index (χ1v) is 15.5. The molecule has 0 fully saturated rings. The van der Waals surface area contributed by atoms with Crippen molar-refractivity contribution in [3.8, 4) is 17.9 Å². The minimum Gasteiger partial charge on any atom is -0.457 e. The van der Waals surface area contributed by atoms with Crippen molar-refractivity contribution in [1.82, 2.24) is 15.0 Å². The van der Waals surface area contributed by atoms with E-state index in [4.69, 9.17) is 28.8 Å². The van der Waals surface area contributed by atoms with Crippen molar-refractivity contribution in [3.05, 3.63) is 95.0 Å². The number of nitrogens with zero attached hydrogens (tertiary/aromatic N) is 6. The second kappa shape index (κ2) is 19.6. The van der Waals surface area contributed by atoms with Gasteiger partial charge in [-0.1, -0.05) is 41.6 Å². The summed E-state index contributed by atoms with van der Waals surface area (Å²) in [6.45, 7) is 7.86. The maximum absolute atomic E-state index is 9.44. The molecule has 1 aromatic heterocycles. The van der Waals surface area contributed by atoms with Gasteiger partial charge in [-0.05, 0) is 42.8 Å². The number of likely N-dealkylation sites (N-methyl/N-ethyl adjacent to an activating group) is 1. The average molecular weight is 641 g/mol. The average Bonchev–Trinajstić information content (AvgIpc) is 3.56. The predicted octanol–water partition coefficient (Wildman–Crippen LogP) is 4.15. The molecule has 0 amide bonds. The molecule has 0 bridgehead atoms. The van der Waals surface area contributed by atoms with E-state index in [9.17, 15) is 10.5 Å². The molecule has 1 N–H and O–H groups in total. The number of ether oxygens (including phenoxy) is 5. The molecule has 246 valence electrons. The second-order valence-corrected chi connectivity index (χ2v) is 10.2. The van der Waals surface area contributed by atoms with E-state index < -0.39 is 0 Å². The van der Waals surface area contributed by atoms with Gasteiger partial charge in [0.05, 0.1) is 72.2 Å². The van der Waals surface area contributed by atoms with Crippen LogP contribution in [0.4, 0.5) is 5.69 Å². The Morgan fingerprint density at radius 2 is 1.60 bits per heavy atom. The fourth-order valence-corrected chi connectivity index (χ4v) is 4.67. The maximum Gasteiger partial charge on any atom is 0.137 e. The Morgan fingerprint density at radius 1 is 0.915 bits per heavy atom. The summed E-state index contributed by atoms with van der Waals surface area (Å²) in [5, 5.41) is 36.0. The summed E-state index contributed by atoms with van der Waals surface area (Å²) in [7, 11) is 0. The molecular weight excluding hydrogens is 600 g/mol. The van der Waals surface area contributed by atoms with Crippen LogP contribution in [0.2, 0.25) is 0 Å². The zero-order valence-electron chi connectivity index (χ0n) is 26.6. The third kappa shape index (κ3) is 11.2. The summed E-state index contributed by atoms with van der Waals surface area (Å²) in [6, 6.07) is 19.6. The van der Waals surface area contributed by atoms with Crippen LogP contribution in [-0.2, 0) is 32.1 Å². The Kier molecular flexibility index (Phi) is 14.6. The number of aliphatic hydroxyl groups excluding tert-OH is 1. The van der Waals surface area contributed by atoms with Crippen LogP contribution in [0.5, 0.6) is 5.75 Å². The number of hydrogen-bond donors (Lipinski definition) is 1. The largest absolute Gasteiger partial charge is 0.457 e. The predicted molar refractivity (Wildman–Crippen MR) is 176 cm³/mol. The van der Waals surface area contributed by atoms with Crippen molar-refractivity contribution in [3.63, 3.8) is 0 Å². The number of hydrogen-bond acceptors (Lipinski definition) is 11. The van der Waals surface area contributed by atoms with E-state index in [0.29, 0.717) is 76.5 Å². The summed E-state index contributed by atoms with van der Waals surface area (Å²) < 4.78 is 29.5. The van der Waals surface area contributed by atoms with E-state index in [2.05, 4.69) is 34.3 Å². The molecule has 0 aliphatic carbocycles. The van der Waals surface area contributed by atoms with Crippen LogP contribution in [0.1, 0.15) is 23.7 Å². The normalized spacial score (nSPS) is 12.3. The molecule has 1 aliphatic heterocycles. The molecule has 0 saturated heterocycles. The highest BCUT2D eigenvalue weighted by molar-refractivity contribution is 5.87. The van der Waals surface area contributed by atoms with Crippen LogP contribution in [-0.4, -0.2) is 86.0 Å². The zero-order chi connectivity index (χ0) is 33.1. The van der Waals surface area contributed by atoms with Crippen LogP contribution >= 0.6 is 0 Å². The molecule has 2 heterocycles. The van der Waals surface area contributed by atoms with Crippen LogP contribution in [0, 0.1) is 22.7 Å². The van der Waals surface area contributed by atoms with Gasteiger partial charge in [-0.3, -0.25) is 4.68 Å². The second-order valence-electron chi connectivity index (χ2n) is 10.2. The molecule has 3 aromatic rings. The molecule has 0 spiro atoms. The van der Waals surface area contributed by atoms with Crippen molar-refractivity contribution in [2.24, 2.45) is 0 Å². The van der Waals surface area contributed by atoms with Gasteiger partial charge < -0.3 is 33.7 Å². The number of nitriles is 2. The monoisotopic (exact) mass is 640 g/mol. The van der Waals surface area contributed by atoms with Gasteiger partial charge in [0.15, 0.2) is 0 Å². The molecule has 0 radical (unpaired) electrons. The van der Waals surface area contributed by atoms with Crippen molar-refractivity contribution in [2.75, 3.05) is 70.8 Å². The molecule has 0 saturated carbocycles. The van der Waals surface area contributed by atoms with Gasteiger partial charge in [-0.25, -0.2) is 0 Å². The third-order valence-corrected chi connectivity index (χ3v) is 7.05. The number of rotatable bonds is 20. The van der Waals surface area contributed by atoms with Crippen LogP contribution in [0.3, 0.4) is 0 Å². The molecule has 12 heteroatoms. The minimum atomic E-state index is 0.0135. The number of aromatic nitrogens is 3. The number of aliphatic hydroxyl groups is 1. The highest BCUT2D eigenvalue weighted by Gasteiger charge is 2.18. The van der Waals surface area contributed by atoms with Gasteiger partial charge in [0.25, 0.3) is 0 Å². The van der Waals surface area contributed by atoms with Gasteiger partial charge in [-0.15, -0.1) is 5.10 Å². The van der Waals surface area contributed by atoms with Crippen molar-refractivity contribution < 1.29 is 28.8 Å². The van der Waals surface area contributed by atoms with Crippen LogP contribution in [0.25, 0.3) is 11.6 Å².